The van der Waals surface area contributed by atoms with Gasteiger partial charge in [-0.1, -0.05) is 11.6 Å². The summed E-state index contributed by atoms with van der Waals surface area (Å²) < 4.78 is 58.4. The first kappa shape index (κ1) is 19.9. The Labute approximate surface area is 165 Å². The molecule has 144 valence electrons. The van der Waals surface area contributed by atoms with Crippen molar-refractivity contribution >= 4 is 33.6 Å². The van der Waals surface area contributed by atoms with E-state index in [0.717, 1.165) is 12.1 Å². The van der Waals surface area contributed by atoms with Crippen LogP contribution in [0.25, 0.3) is 0 Å². The lowest BCUT2D eigenvalue weighted by atomic mass is 10.0. The molecule has 0 N–H and O–H groups in total. The molecule has 1 aromatic heterocycles. The van der Waals surface area contributed by atoms with E-state index in [1.54, 1.807) is 19.1 Å². The molecule has 1 aliphatic heterocycles. The van der Waals surface area contributed by atoms with Crippen molar-refractivity contribution < 1.29 is 27.1 Å². The Hall–Kier alpha value is -1.87. The van der Waals surface area contributed by atoms with Gasteiger partial charge in [0.25, 0.3) is 0 Å². The summed E-state index contributed by atoms with van der Waals surface area (Å²) >= 11 is 9.17. The lowest BCUT2D eigenvalue weighted by molar-refractivity contribution is -0.137. The fourth-order valence-electron chi connectivity index (χ4n) is 2.83. The summed E-state index contributed by atoms with van der Waals surface area (Å²) in [5.41, 5.74) is -0.746. The molecule has 27 heavy (non-hydrogen) atoms. The Kier molecular flexibility index (Phi) is 5.36. The van der Waals surface area contributed by atoms with Crippen molar-refractivity contribution in [2.75, 3.05) is 0 Å². The maximum Gasteiger partial charge on any atom is 0.416 e. The number of rotatable bonds is 3. The van der Waals surface area contributed by atoms with Crippen LogP contribution in [0.4, 0.5) is 22.4 Å². The summed E-state index contributed by atoms with van der Waals surface area (Å²) in [5, 5.41) is 0.227. The van der Waals surface area contributed by atoms with Gasteiger partial charge in [0, 0.05) is 4.47 Å². The number of pyridine rings is 1. The zero-order chi connectivity index (χ0) is 19.9. The number of halogens is 6. The third kappa shape index (κ3) is 4.19. The molecule has 10 heteroatoms. The monoisotopic (exact) mass is 466 g/mol. The van der Waals surface area contributed by atoms with Crippen LogP contribution in [0.3, 0.4) is 0 Å². The minimum atomic E-state index is -4.71. The van der Waals surface area contributed by atoms with Gasteiger partial charge in [0.15, 0.2) is 0 Å². The molecule has 1 aromatic carbocycles. The van der Waals surface area contributed by atoms with Crippen molar-refractivity contribution in [3.63, 3.8) is 0 Å². The van der Waals surface area contributed by atoms with E-state index in [1.807, 2.05) is 0 Å². The van der Waals surface area contributed by atoms with Gasteiger partial charge in [-0.05, 0) is 58.7 Å². The number of alkyl halides is 3. The topological polar surface area (TPSA) is 42.4 Å². The minimum absolute atomic E-state index is 0.0269. The molecular formula is C17H12BrClF4N2O2. The summed E-state index contributed by atoms with van der Waals surface area (Å²) in [7, 11) is 0. The van der Waals surface area contributed by atoms with Crippen LogP contribution in [0, 0.1) is 5.82 Å². The second kappa shape index (κ2) is 7.27. The molecule has 0 spiro atoms. The van der Waals surface area contributed by atoms with Crippen molar-refractivity contribution in [1.29, 1.82) is 0 Å². The maximum atomic E-state index is 13.7. The van der Waals surface area contributed by atoms with Crippen molar-refractivity contribution in [2.24, 2.45) is 0 Å². The Morgan fingerprint density at radius 1 is 1.30 bits per heavy atom. The molecule has 4 nitrogen and oxygen atoms in total. The van der Waals surface area contributed by atoms with Gasteiger partial charge in [0.1, 0.15) is 17.1 Å². The van der Waals surface area contributed by atoms with Crippen LogP contribution in [0.5, 0.6) is 0 Å². The molecule has 2 aromatic rings. The molecule has 0 radical (unpaired) electrons. The number of nitrogens with zero attached hydrogens (tertiary/aromatic N) is 2. The van der Waals surface area contributed by atoms with E-state index in [9.17, 15) is 22.4 Å². The van der Waals surface area contributed by atoms with Gasteiger partial charge >= 0.3 is 12.3 Å². The van der Waals surface area contributed by atoms with Crippen LogP contribution < -0.4 is 0 Å². The molecular weight excluding hydrogens is 456 g/mol. The molecule has 2 atom stereocenters. The highest BCUT2D eigenvalue weighted by atomic mass is 79.9. The van der Waals surface area contributed by atoms with E-state index < -0.39 is 35.8 Å². The van der Waals surface area contributed by atoms with Gasteiger partial charge in [0.05, 0.1) is 23.8 Å². The molecule has 3 rings (SSSR count). The predicted molar refractivity (Wildman–Crippen MR) is 92.6 cm³/mol. The number of hydrogen-bond acceptors (Lipinski definition) is 3. The molecule has 1 amide bonds. The van der Waals surface area contributed by atoms with Crippen molar-refractivity contribution in [1.82, 2.24) is 9.88 Å². The van der Waals surface area contributed by atoms with Gasteiger partial charge in [-0.3, -0.25) is 4.90 Å². The minimum Gasteiger partial charge on any atom is -0.439 e. The summed E-state index contributed by atoms with van der Waals surface area (Å²) in [4.78, 5) is 17.7. The lowest BCUT2D eigenvalue weighted by Gasteiger charge is -2.21. The fourth-order valence-corrected chi connectivity index (χ4v) is 3.34. The number of hydrogen-bond donors (Lipinski definition) is 0. The highest BCUT2D eigenvalue weighted by Gasteiger charge is 2.41. The SMILES string of the molecule is CC1C(c2cc(F)cc(C(F)(F)F)c2)OC(=O)N1Cc1nc(Cl)ccc1Br. The number of ether oxygens (including phenoxy) is 1. The molecule has 0 aliphatic carbocycles. The van der Waals surface area contributed by atoms with Crippen LogP contribution in [0.2, 0.25) is 5.15 Å². The van der Waals surface area contributed by atoms with Crippen LogP contribution in [-0.2, 0) is 17.5 Å². The third-order valence-corrected chi connectivity index (χ3v) is 5.11. The van der Waals surface area contributed by atoms with Gasteiger partial charge in [-0.15, -0.1) is 0 Å². The highest BCUT2D eigenvalue weighted by molar-refractivity contribution is 9.10. The second-order valence-electron chi connectivity index (χ2n) is 6.01. The van der Waals surface area contributed by atoms with E-state index in [2.05, 4.69) is 20.9 Å². The number of benzene rings is 1. The number of cyclic esters (lactones) is 1. The van der Waals surface area contributed by atoms with Crippen molar-refractivity contribution in [2.45, 2.75) is 31.8 Å². The van der Waals surface area contributed by atoms with Crippen LogP contribution >= 0.6 is 27.5 Å². The molecule has 2 unspecified atom stereocenters. The highest BCUT2D eigenvalue weighted by Crippen LogP contribution is 2.37. The Balaban J connectivity index is 1.89. The van der Waals surface area contributed by atoms with E-state index in [4.69, 9.17) is 16.3 Å². The predicted octanol–water partition coefficient (Wildman–Crippen LogP) is 5.74. The van der Waals surface area contributed by atoms with Gasteiger partial charge in [-0.25, -0.2) is 14.2 Å². The fraction of sp³-hybridized carbons (Fsp3) is 0.294. The quantitative estimate of drug-likeness (QED) is 0.427. The molecule has 1 saturated heterocycles. The van der Waals surface area contributed by atoms with Crippen molar-refractivity contribution in [3.05, 3.63) is 62.6 Å². The van der Waals surface area contributed by atoms with Crippen LogP contribution in [0.1, 0.15) is 29.8 Å². The number of aromatic nitrogens is 1. The normalized spacial score (nSPS) is 20.1. The first-order valence-corrected chi connectivity index (χ1v) is 8.89. The Bertz CT molecular complexity index is 894. The average Bonchev–Trinajstić information content (AvgIpc) is 2.85. The van der Waals surface area contributed by atoms with Crippen LogP contribution in [-0.4, -0.2) is 22.0 Å². The third-order valence-electron chi connectivity index (χ3n) is 4.17. The first-order valence-electron chi connectivity index (χ1n) is 7.72. The second-order valence-corrected chi connectivity index (χ2v) is 7.25. The standard InChI is InChI=1S/C17H12BrClF4N2O2/c1-8-15(9-4-10(17(21,22)23)6-11(20)5-9)27-16(26)25(8)7-13-12(18)2-3-14(19)24-13/h2-6,8,15H,7H2,1H3. The number of amides is 1. The van der Waals surface area contributed by atoms with Gasteiger partial charge in [0.2, 0.25) is 0 Å². The van der Waals surface area contributed by atoms with Gasteiger partial charge in [-0.2, -0.15) is 13.2 Å². The maximum absolute atomic E-state index is 13.7. The largest absolute Gasteiger partial charge is 0.439 e. The molecule has 0 saturated carbocycles. The first-order chi connectivity index (χ1) is 12.6. The smallest absolute Gasteiger partial charge is 0.416 e. The number of carbonyl (C=O) groups excluding carboxylic acids is 1. The van der Waals surface area contributed by atoms with E-state index >= 15 is 0 Å². The van der Waals surface area contributed by atoms with E-state index in [-0.39, 0.29) is 17.3 Å². The van der Waals surface area contributed by atoms with E-state index in [1.165, 1.54) is 4.90 Å². The van der Waals surface area contributed by atoms with Crippen molar-refractivity contribution in [3.8, 4) is 0 Å². The molecule has 1 fully saturated rings. The zero-order valence-corrected chi connectivity index (χ0v) is 16.1. The van der Waals surface area contributed by atoms with E-state index in [0.29, 0.717) is 16.2 Å². The number of carbonyl (C=O) groups is 1. The molecule has 1 aliphatic rings. The molecule has 0 bridgehead atoms. The summed E-state index contributed by atoms with van der Waals surface area (Å²) in [6.45, 7) is 1.63. The molecule has 2 heterocycles. The average molecular weight is 468 g/mol. The Morgan fingerprint density at radius 3 is 2.67 bits per heavy atom. The Morgan fingerprint density at radius 2 is 2.00 bits per heavy atom. The lowest BCUT2D eigenvalue weighted by Crippen LogP contribution is -2.32. The van der Waals surface area contributed by atoms with Crippen LogP contribution in [0.15, 0.2) is 34.8 Å². The summed E-state index contributed by atoms with van der Waals surface area (Å²) in [6, 6.07) is 4.70. The summed E-state index contributed by atoms with van der Waals surface area (Å²) in [6.07, 6.45) is -6.50. The zero-order valence-electron chi connectivity index (χ0n) is 13.7. The summed E-state index contributed by atoms with van der Waals surface area (Å²) in [5.74, 6) is -1.05. The van der Waals surface area contributed by atoms with Gasteiger partial charge < -0.3 is 4.74 Å².